The second-order valence-corrected chi connectivity index (χ2v) is 5.67. The first-order valence-electron chi connectivity index (χ1n) is 6.51. The van der Waals surface area contributed by atoms with Gasteiger partial charge in [-0.3, -0.25) is 4.79 Å². The summed E-state index contributed by atoms with van der Waals surface area (Å²) in [7, 11) is 1.86. The molecule has 5 heteroatoms. The maximum Gasteiger partial charge on any atom is 0.222 e. The second-order valence-electron chi connectivity index (χ2n) is 5.29. The van der Waals surface area contributed by atoms with Gasteiger partial charge in [-0.05, 0) is 43.3 Å². The zero-order valence-corrected chi connectivity index (χ0v) is 12.0. The number of rotatable bonds is 1. The van der Waals surface area contributed by atoms with Crippen LogP contribution in [0.1, 0.15) is 24.4 Å². The molecule has 0 bridgehead atoms. The summed E-state index contributed by atoms with van der Waals surface area (Å²) in [5, 5.41) is 0. The van der Waals surface area contributed by atoms with Gasteiger partial charge in [0.1, 0.15) is 0 Å². The number of nitrogens with one attached hydrogen (secondary N) is 1. The molecular weight excluding hydrogens is 258 g/mol. The van der Waals surface area contributed by atoms with E-state index in [0.717, 1.165) is 28.8 Å². The largest absolute Gasteiger partial charge is 0.344 e. The molecule has 1 N–H and O–H groups in total. The van der Waals surface area contributed by atoms with E-state index in [4.69, 9.17) is 12.2 Å². The maximum atomic E-state index is 11.6. The molecule has 1 aliphatic heterocycles. The molecule has 3 rings (SSSR count). The first-order chi connectivity index (χ1) is 9.06. The molecule has 1 aromatic carbocycles. The zero-order valence-electron chi connectivity index (χ0n) is 11.1. The van der Waals surface area contributed by atoms with E-state index >= 15 is 0 Å². The molecule has 1 unspecified atom stereocenters. The fourth-order valence-electron chi connectivity index (χ4n) is 2.81. The van der Waals surface area contributed by atoms with E-state index in [1.54, 1.807) is 4.90 Å². The highest BCUT2D eigenvalue weighted by atomic mass is 32.1. The van der Waals surface area contributed by atoms with Crippen LogP contribution in [0.15, 0.2) is 18.2 Å². The van der Waals surface area contributed by atoms with Gasteiger partial charge in [-0.1, -0.05) is 6.07 Å². The van der Waals surface area contributed by atoms with Crippen LogP contribution < -0.4 is 0 Å². The third-order valence-electron chi connectivity index (χ3n) is 3.84. The maximum absolute atomic E-state index is 11.6. The summed E-state index contributed by atoms with van der Waals surface area (Å²) in [6, 6.07) is 6.58. The number of likely N-dealkylation sites (tertiary alicyclic amines) is 1. The lowest BCUT2D eigenvalue weighted by Crippen LogP contribution is -2.37. The molecule has 4 nitrogen and oxygen atoms in total. The Bertz CT molecular complexity index is 700. The average molecular weight is 275 g/mol. The summed E-state index contributed by atoms with van der Waals surface area (Å²) in [6.45, 7) is 2.80. The van der Waals surface area contributed by atoms with Gasteiger partial charge < -0.3 is 14.5 Å². The molecular formula is C14H17N3OS. The molecule has 1 amide bonds. The number of carbonyl (C=O) groups is 1. The van der Waals surface area contributed by atoms with Crippen molar-refractivity contribution >= 4 is 29.2 Å². The van der Waals surface area contributed by atoms with Gasteiger partial charge in [-0.15, -0.1) is 0 Å². The van der Waals surface area contributed by atoms with Crippen LogP contribution in [0.2, 0.25) is 0 Å². The molecule has 0 aliphatic carbocycles. The Morgan fingerprint density at radius 1 is 1.42 bits per heavy atom. The predicted octanol–water partition coefficient (Wildman–Crippen LogP) is 2.80. The van der Waals surface area contributed by atoms with Gasteiger partial charge in [0.25, 0.3) is 0 Å². The van der Waals surface area contributed by atoms with Gasteiger partial charge in [0, 0.05) is 20.0 Å². The Kier molecular flexibility index (Phi) is 2.93. The fourth-order valence-corrected chi connectivity index (χ4v) is 3.17. The Morgan fingerprint density at radius 3 is 2.95 bits per heavy atom. The van der Waals surface area contributed by atoms with Crippen molar-refractivity contribution in [2.45, 2.75) is 25.8 Å². The van der Waals surface area contributed by atoms with Crippen molar-refractivity contribution in [2.24, 2.45) is 0 Å². The number of aromatic nitrogens is 2. The zero-order chi connectivity index (χ0) is 13.6. The first-order valence-corrected chi connectivity index (χ1v) is 6.92. The molecule has 2 aromatic rings. The normalized spacial score (nSPS) is 20.2. The standard InChI is InChI=1S/C14H17N3OS/c1-9-3-5-12-11(7-9)15-14(19)17(12)10-4-6-13(18)16(2)8-10/h3,5,7,10H,4,6,8H2,1-2H3,(H,15,19). The van der Waals surface area contributed by atoms with E-state index < -0.39 is 0 Å². The third kappa shape index (κ3) is 2.08. The number of fused-ring (bicyclic) bond motifs is 1. The molecule has 2 heterocycles. The smallest absolute Gasteiger partial charge is 0.222 e. The van der Waals surface area contributed by atoms with E-state index in [2.05, 4.69) is 34.7 Å². The number of hydrogen-bond acceptors (Lipinski definition) is 2. The van der Waals surface area contributed by atoms with E-state index in [1.807, 2.05) is 7.05 Å². The van der Waals surface area contributed by atoms with Gasteiger partial charge in [-0.2, -0.15) is 0 Å². The molecule has 1 fully saturated rings. The van der Waals surface area contributed by atoms with E-state index in [9.17, 15) is 4.79 Å². The van der Waals surface area contributed by atoms with E-state index in [1.165, 1.54) is 5.56 Å². The van der Waals surface area contributed by atoms with Gasteiger partial charge >= 0.3 is 0 Å². The summed E-state index contributed by atoms with van der Waals surface area (Å²) in [5.41, 5.74) is 3.42. The molecule has 0 spiro atoms. The molecule has 1 saturated heterocycles. The molecule has 1 aliphatic rings. The van der Waals surface area contributed by atoms with Crippen molar-refractivity contribution < 1.29 is 4.79 Å². The van der Waals surface area contributed by atoms with Crippen molar-refractivity contribution in [3.8, 4) is 0 Å². The predicted molar refractivity (Wildman–Crippen MR) is 77.8 cm³/mol. The van der Waals surface area contributed by atoms with Crippen LogP contribution in [0.4, 0.5) is 0 Å². The lowest BCUT2D eigenvalue weighted by atomic mass is 10.1. The minimum Gasteiger partial charge on any atom is -0.344 e. The van der Waals surface area contributed by atoms with Crippen molar-refractivity contribution in [1.29, 1.82) is 0 Å². The topological polar surface area (TPSA) is 41.0 Å². The number of amides is 1. The Hall–Kier alpha value is -1.62. The number of likely N-dealkylation sites (N-methyl/N-ethyl adjacent to an activating group) is 1. The number of nitrogens with zero attached hydrogens (tertiary/aromatic N) is 2. The van der Waals surface area contributed by atoms with Gasteiger partial charge in [0.05, 0.1) is 17.1 Å². The SMILES string of the molecule is Cc1ccc2c(c1)[nH]c(=S)n2C1CCC(=O)N(C)C1. The van der Waals surface area contributed by atoms with Crippen molar-refractivity contribution in [3.05, 3.63) is 28.5 Å². The monoisotopic (exact) mass is 275 g/mol. The number of hydrogen-bond donors (Lipinski definition) is 1. The number of carbonyl (C=O) groups excluding carboxylic acids is 1. The molecule has 1 atom stereocenters. The van der Waals surface area contributed by atoms with Gasteiger partial charge in [0.2, 0.25) is 5.91 Å². The van der Waals surface area contributed by atoms with Crippen molar-refractivity contribution in [2.75, 3.05) is 13.6 Å². The Balaban J connectivity index is 2.08. The quantitative estimate of drug-likeness (QED) is 0.813. The summed E-state index contributed by atoms with van der Waals surface area (Å²) in [4.78, 5) is 16.6. The Morgan fingerprint density at radius 2 is 2.21 bits per heavy atom. The minimum atomic E-state index is 0.221. The summed E-state index contributed by atoms with van der Waals surface area (Å²) < 4.78 is 2.90. The lowest BCUT2D eigenvalue weighted by Gasteiger charge is -2.30. The number of aromatic amines is 1. The third-order valence-corrected chi connectivity index (χ3v) is 4.14. The van der Waals surface area contributed by atoms with Crippen molar-refractivity contribution in [3.63, 3.8) is 0 Å². The highest BCUT2D eigenvalue weighted by Gasteiger charge is 2.25. The molecule has 0 radical (unpaired) electrons. The number of aryl methyl sites for hydroxylation is 1. The summed E-state index contributed by atoms with van der Waals surface area (Å²) in [5.74, 6) is 0.221. The molecule has 0 saturated carbocycles. The average Bonchev–Trinajstić information content (AvgIpc) is 2.68. The van der Waals surface area contributed by atoms with Gasteiger partial charge in [-0.25, -0.2) is 0 Å². The fraction of sp³-hybridized carbons (Fsp3) is 0.429. The number of imidazole rings is 1. The summed E-state index contributed by atoms with van der Waals surface area (Å²) >= 11 is 5.45. The highest BCUT2D eigenvalue weighted by molar-refractivity contribution is 7.71. The van der Waals surface area contributed by atoms with Crippen molar-refractivity contribution in [1.82, 2.24) is 14.5 Å². The van der Waals surface area contributed by atoms with Crippen LogP contribution in [0.5, 0.6) is 0 Å². The Labute approximate surface area is 117 Å². The molecule has 1 aromatic heterocycles. The molecule has 100 valence electrons. The summed E-state index contributed by atoms with van der Waals surface area (Å²) in [6.07, 6.45) is 1.46. The van der Waals surface area contributed by atoms with E-state index in [0.29, 0.717) is 6.42 Å². The lowest BCUT2D eigenvalue weighted by molar-refractivity contribution is -0.132. The van der Waals surface area contributed by atoms with Crippen LogP contribution in [0.25, 0.3) is 11.0 Å². The molecule has 19 heavy (non-hydrogen) atoms. The number of benzene rings is 1. The second kappa shape index (κ2) is 4.49. The van der Waals surface area contributed by atoms with Crippen LogP contribution in [0, 0.1) is 11.7 Å². The number of piperidine rings is 1. The van der Waals surface area contributed by atoms with Crippen LogP contribution in [-0.2, 0) is 4.79 Å². The van der Waals surface area contributed by atoms with Crippen LogP contribution in [0.3, 0.4) is 0 Å². The van der Waals surface area contributed by atoms with Gasteiger partial charge in [0.15, 0.2) is 4.77 Å². The van der Waals surface area contributed by atoms with Crippen LogP contribution >= 0.6 is 12.2 Å². The van der Waals surface area contributed by atoms with E-state index in [-0.39, 0.29) is 11.9 Å². The minimum absolute atomic E-state index is 0.221. The highest BCUT2D eigenvalue weighted by Crippen LogP contribution is 2.26. The van der Waals surface area contributed by atoms with Crippen LogP contribution in [-0.4, -0.2) is 34.0 Å². The number of H-pyrrole nitrogens is 1. The first kappa shape index (κ1) is 12.4.